The number of carbonyl (C=O) groups is 2. The number of rotatable bonds is 6. The summed E-state index contributed by atoms with van der Waals surface area (Å²) in [7, 11) is 0. The maximum atomic E-state index is 13.2. The molecule has 0 fully saturated rings. The summed E-state index contributed by atoms with van der Waals surface area (Å²) in [6.45, 7) is 2.48. The van der Waals surface area contributed by atoms with Gasteiger partial charge in [-0.2, -0.15) is 0 Å². The maximum absolute atomic E-state index is 13.2. The molecular weight excluding hydrogens is 412 g/mol. The summed E-state index contributed by atoms with van der Waals surface area (Å²) in [6, 6.07) is 22.4. The largest absolute Gasteiger partial charge is 0.486 e. The van der Waals surface area contributed by atoms with E-state index in [2.05, 4.69) is 10.6 Å². The number of nitrogens with one attached hydrogen (secondary N) is 2. The SMILES string of the molecule is CC(=O)Nc1ccc(SC(C(=O)Nc2ccc3c(c2)OCCO3)c2ccccc2)cc1. The molecule has 0 aromatic heterocycles. The summed E-state index contributed by atoms with van der Waals surface area (Å²) in [5, 5.41) is 5.29. The fourth-order valence-electron chi connectivity index (χ4n) is 3.19. The number of fused-ring (bicyclic) bond motifs is 1. The van der Waals surface area contributed by atoms with E-state index in [1.165, 1.54) is 18.7 Å². The number of carbonyl (C=O) groups excluding carboxylic acids is 2. The second-order valence-electron chi connectivity index (χ2n) is 6.96. The number of ether oxygens (including phenoxy) is 2. The number of hydrogen-bond donors (Lipinski definition) is 2. The lowest BCUT2D eigenvalue weighted by Gasteiger charge is -2.20. The fraction of sp³-hybridized carbons (Fsp3) is 0.167. The molecule has 31 heavy (non-hydrogen) atoms. The zero-order valence-electron chi connectivity index (χ0n) is 17.0. The number of amides is 2. The first-order chi connectivity index (χ1) is 15.1. The quantitative estimate of drug-likeness (QED) is 0.541. The Morgan fingerprint density at radius 2 is 1.52 bits per heavy atom. The van der Waals surface area contributed by atoms with Gasteiger partial charge < -0.3 is 20.1 Å². The van der Waals surface area contributed by atoms with Crippen LogP contribution in [0, 0.1) is 0 Å². The summed E-state index contributed by atoms with van der Waals surface area (Å²) in [5.41, 5.74) is 2.26. The normalized spacial score (nSPS) is 13.2. The second kappa shape index (κ2) is 9.57. The van der Waals surface area contributed by atoms with Gasteiger partial charge in [0, 0.05) is 29.3 Å². The fourth-order valence-corrected chi connectivity index (χ4v) is 4.21. The Labute approximate surface area is 185 Å². The van der Waals surface area contributed by atoms with Gasteiger partial charge in [0.2, 0.25) is 11.8 Å². The van der Waals surface area contributed by atoms with Crippen LogP contribution in [0.3, 0.4) is 0 Å². The van der Waals surface area contributed by atoms with Gasteiger partial charge in [0.15, 0.2) is 11.5 Å². The molecule has 0 radical (unpaired) electrons. The molecule has 3 aromatic carbocycles. The minimum absolute atomic E-state index is 0.124. The number of benzene rings is 3. The predicted octanol–water partition coefficient (Wildman–Crippen LogP) is 4.89. The third-order valence-electron chi connectivity index (χ3n) is 4.58. The molecule has 1 unspecified atom stereocenters. The third-order valence-corrected chi connectivity index (χ3v) is 5.85. The van der Waals surface area contributed by atoms with E-state index in [-0.39, 0.29) is 11.8 Å². The molecule has 0 bridgehead atoms. The van der Waals surface area contributed by atoms with E-state index in [1.807, 2.05) is 54.6 Å². The highest BCUT2D eigenvalue weighted by molar-refractivity contribution is 8.00. The summed E-state index contributed by atoms with van der Waals surface area (Å²) < 4.78 is 11.2. The van der Waals surface area contributed by atoms with Crippen LogP contribution in [0.25, 0.3) is 0 Å². The van der Waals surface area contributed by atoms with Gasteiger partial charge >= 0.3 is 0 Å². The van der Waals surface area contributed by atoms with Crippen LogP contribution in [0.15, 0.2) is 77.7 Å². The lowest BCUT2D eigenvalue weighted by Crippen LogP contribution is -2.20. The van der Waals surface area contributed by atoms with Gasteiger partial charge in [-0.05, 0) is 42.0 Å². The van der Waals surface area contributed by atoms with Gasteiger partial charge in [-0.15, -0.1) is 11.8 Å². The minimum Gasteiger partial charge on any atom is -0.486 e. The number of hydrogen-bond acceptors (Lipinski definition) is 5. The zero-order valence-corrected chi connectivity index (χ0v) is 17.8. The second-order valence-corrected chi connectivity index (χ2v) is 8.14. The summed E-state index contributed by atoms with van der Waals surface area (Å²) >= 11 is 1.44. The van der Waals surface area contributed by atoms with Crippen molar-refractivity contribution in [1.82, 2.24) is 0 Å². The average Bonchev–Trinajstić information content (AvgIpc) is 2.78. The van der Waals surface area contributed by atoms with Crippen molar-refractivity contribution in [2.45, 2.75) is 17.1 Å². The number of thioether (sulfide) groups is 1. The maximum Gasteiger partial charge on any atom is 0.242 e. The molecule has 1 atom stereocenters. The first-order valence-corrected chi connectivity index (χ1v) is 10.8. The average molecular weight is 435 g/mol. The smallest absolute Gasteiger partial charge is 0.242 e. The highest BCUT2D eigenvalue weighted by Gasteiger charge is 2.23. The molecule has 1 heterocycles. The molecule has 2 amide bonds. The van der Waals surface area contributed by atoms with Crippen molar-refractivity contribution in [3.63, 3.8) is 0 Å². The van der Waals surface area contributed by atoms with Crippen LogP contribution in [0.1, 0.15) is 17.7 Å². The predicted molar refractivity (Wildman–Crippen MR) is 122 cm³/mol. The molecule has 6 nitrogen and oxygen atoms in total. The first kappa shape index (κ1) is 20.8. The Kier molecular flexibility index (Phi) is 6.43. The highest BCUT2D eigenvalue weighted by Crippen LogP contribution is 2.38. The van der Waals surface area contributed by atoms with Gasteiger partial charge in [0.25, 0.3) is 0 Å². The molecule has 7 heteroatoms. The highest BCUT2D eigenvalue weighted by atomic mass is 32.2. The molecular formula is C24H22N2O4S. The van der Waals surface area contributed by atoms with Gasteiger partial charge in [-0.3, -0.25) is 9.59 Å². The standard InChI is InChI=1S/C24H22N2O4S/c1-16(27)25-18-7-10-20(11-8-18)31-23(17-5-3-2-4-6-17)24(28)26-19-9-12-21-22(15-19)30-14-13-29-21/h2-12,15,23H,13-14H2,1H3,(H,25,27)(H,26,28). The Hall–Kier alpha value is -3.45. The molecule has 0 saturated heterocycles. The zero-order chi connectivity index (χ0) is 21.6. The van der Waals surface area contributed by atoms with Crippen LogP contribution >= 0.6 is 11.8 Å². The number of anilines is 2. The Morgan fingerprint density at radius 1 is 0.839 bits per heavy atom. The van der Waals surface area contributed by atoms with Crippen LogP contribution in [0.5, 0.6) is 11.5 Å². The summed E-state index contributed by atoms with van der Waals surface area (Å²) in [5.74, 6) is 1.04. The molecule has 0 spiro atoms. The van der Waals surface area contributed by atoms with Crippen molar-refractivity contribution in [2.24, 2.45) is 0 Å². The van der Waals surface area contributed by atoms with Crippen molar-refractivity contribution in [3.05, 3.63) is 78.4 Å². The van der Waals surface area contributed by atoms with E-state index < -0.39 is 5.25 Å². The van der Waals surface area contributed by atoms with Crippen molar-refractivity contribution in [3.8, 4) is 11.5 Å². The van der Waals surface area contributed by atoms with Crippen LogP contribution in [0.4, 0.5) is 11.4 Å². The Balaban J connectivity index is 1.53. The van der Waals surface area contributed by atoms with Gasteiger partial charge in [0.05, 0.1) is 0 Å². The lowest BCUT2D eigenvalue weighted by atomic mass is 10.1. The third kappa shape index (κ3) is 5.38. The van der Waals surface area contributed by atoms with E-state index in [0.29, 0.717) is 36.1 Å². The summed E-state index contributed by atoms with van der Waals surface area (Å²) in [4.78, 5) is 25.4. The van der Waals surface area contributed by atoms with Gasteiger partial charge in [-0.25, -0.2) is 0 Å². The molecule has 0 aliphatic carbocycles. The van der Waals surface area contributed by atoms with Crippen molar-refractivity contribution < 1.29 is 19.1 Å². The molecule has 3 aromatic rings. The van der Waals surface area contributed by atoms with Crippen LogP contribution in [0.2, 0.25) is 0 Å². The molecule has 158 valence electrons. The van der Waals surface area contributed by atoms with E-state index >= 15 is 0 Å². The van der Waals surface area contributed by atoms with Crippen LogP contribution in [-0.4, -0.2) is 25.0 Å². The van der Waals surface area contributed by atoms with Crippen LogP contribution < -0.4 is 20.1 Å². The van der Waals surface area contributed by atoms with Crippen LogP contribution in [-0.2, 0) is 9.59 Å². The van der Waals surface area contributed by atoms with E-state index in [0.717, 1.165) is 10.5 Å². The van der Waals surface area contributed by atoms with Gasteiger partial charge in [-0.1, -0.05) is 30.3 Å². The van der Waals surface area contributed by atoms with Crippen molar-refractivity contribution >= 4 is 35.0 Å². The monoisotopic (exact) mass is 434 g/mol. The topological polar surface area (TPSA) is 76.7 Å². The molecule has 1 aliphatic rings. The Bertz CT molecular complexity index is 1070. The van der Waals surface area contributed by atoms with E-state index in [9.17, 15) is 9.59 Å². The summed E-state index contributed by atoms with van der Waals surface area (Å²) in [6.07, 6.45) is 0. The molecule has 1 aliphatic heterocycles. The van der Waals surface area contributed by atoms with Gasteiger partial charge in [0.1, 0.15) is 18.5 Å². The molecule has 4 rings (SSSR count). The first-order valence-electron chi connectivity index (χ1n) is 9.88. The lowest BCUT2D eigenvalue weighted by molar-refractivity contribution is -0.116. The van der Waals surface area contributed by atoms with Crippen molar-refractivity contribution in [2.75, 3.05) is 23.8 Å². The van der Waals surface area contributed by atoms with E-state index in [4.69, 9.17) is 9.47 Å². The minimum atomic E-state index is -0.457. The molecule has 2 N–H and O–H groups in total. The Morgan fingerprint density at radius 3 is 2.23 bits per heavy atom. The molecule has 0 saturated carbocycles. The van der Waals surface area contributed by atoms with Crippen molar-refractivity contribution in [1.29, 1.82) is 0 Å². The van der Waals surface area contributed by atoms with E-state index in [1.54, 1.807) is 18.2 Å².